The molecule has 23 heavy (non-hydrogen) atoms. The Morgan fingerprint density at radius 1 is 1.04 bits per heavy atom. The van der Waals surface area contributed by atoms with Crippen molar-refractivity contribution in [2.45, 2.75) is 29.1 Å². The Labute approximate surface area is 137 Å². The highest BCUT2D eigenvalue weighted by Gasteiger charge is 2.38. The second kappa shape index (κ2) is 6.72. The molecule has 0 bridgehead atoms. The summed E-state index contributed by atoms with van der Waals surface area (Å²) in [5.41, 5.74) is 0.870. The highest BCUT2D eigenvalue weighted by Crippen LogP contribution is 2.36. The Kier molecular flexibility index (Phi) is 4.68. The number of ether oxygens (including phenoxy) is 2. The second-order valence-electron chi connectivity index (χ2n) is 5.60. The molecule has 0 saturated carbocycles. The topological polar surface area (TPSA) is 52.6 Å². The first-order chi connectivity index (χ1) is 11.1. The molecule has 5 heteroatoms. The zero-order valence-electron chi connectivity index (χ0n) is 13.0. The van der Waals surface area contributed by atoms with Gasteiger partial charge in [0.25, 0.3) is 0 Å². The van der Waals surface area contributed by atoms with E-state index in [-0.39, 0.29) is 0 Å². The number of hydrogen-bond donors (Lipinski definition) is 0. The minimum Gasteiger partial charge on any atom is -0.497 e. The monoisotopic (exact) mass is 332 g/mol. The first kappa shape index (κ1) is 16.0. The van der Waals surface area contributed by atoms with Crippen LogP contribution in [0.15, 0.2) is 59.5 Å². The first-order valence-electron chi connectivity index (χ1n) is 7.67. The first-order valence-corrected chi connectivity index (χ1v) is 9.22. The van der Waals surface area contributed by atoms with Crippen LogP contribution in [-0.2, 0) is 14.6 Å². The molecule has 0 aromatic heterocycles. The number of benzene rings is 2. The highest BCUT2D eigenvalue weighted by molar-refractivity contribution is 7.92. The van der Waals surface area contributed by atoms with Crippen LogP contribution in [0.2, 0.25) is 0 Å². The number of hydrogen-bond acceptors (Lipinski definition) is 4. The molecule has 2 aromatic carbocycles. The molecule has 3 rings (SSSR count). The molecule has 0 amide bonds. The smallest absolute Gasteiger partial charge is 0.184 e. The molecular weight excluding hydrogens is 312 g/mol. The molecule has 0 N–H and O–H groups in total. The Balaban J connectivity index is 1.95. The molecule has 0 spiro atoms. The van der Waals surface area contributed by atoms with Crippen LogP contribution in [0.5, 0.6) is 5.75 Å². The van der Waals surface area contributed by atoms with E-state index >= 15 is 0 Å². The van der Waals surface area contributed by atoms with E-state index in [1.165, 1.54) is 0 Å². The zero-order valence-corrected chi connectivity index (χ0v) is 13.8. The van der Waals surface area contributed by atoms with Gasteiger partial charge in [-0.2, -0.15) is 0 Å². The lowest BCUT2D eigenvalue weighted by Gasteiger charge is -2.31. The van der Waals surface area contributed by atoms with Gasteiger partial charge in [0, 0.05) is 6.61 Å². The predicted molar refractivity (Wildman–Crippen MR) is 88.3 cm³/mol. The molecule has 1 saturated heterocycles. The van der Waals surface area contributed by atoms with Gasteiger partial charge in [0.05, 0.1) is 23.4 Å². The lowest BCUT2D eigenvalue weighted by atomic mass is 10.0. The summed E-state index contributed by atoms with van der Waals surface area (Å²) in [4.78, 5) is 0.356. The van der Waals surface area contributed by atoms with Crippen LogP contribution in [0.4, 0.5) is 0 Å². The zero-order chi connectivity index (χ0) is 16.3. The average molecular weight is 332 g/mol. The van der Waals surface area contributed by atoms with E-state index in [0.29, 0.717) is 17.9 Å². The molecule has 122 valence electrons. The van der Waals surface area contributed by atoms with E-state index in [1.807, 2.05) is 30.3 Å². The summed E-state index contributed by atoms with van der Waals surface area (Å²) in [6.07, 6.45) is 0.914. The molecule has 1 fully saturated rings. The molecule has 0 aliphatic carbocycles. The van der Waals surface area contributed by atoms with Gasteiger partial charge < -0.3 is 9.47 Å². The fourth-order valence-corrected chi connectivity index (χ4v) is 4.88. The van der Waals surface area contributed by atoms with E-state index in [9.17, 15) is 8.42 Å². The fraction of sp³-hybridized carbons (Fsp3) is 0.333. The highest BCUT2D eigenvalue weighted by atomic mass is 32.2. The molecule has 2 atom stereocenters. The van der Waals surface area contributed by atoms with Gasteiger partial charge in [-0.15, -0.1) is 0 Å². The van der Waals surface area contributed by atoms with Crippen molar-refractivity contribution in [3.05, 3.63) is 60.2 Å². The fourth-order valence-electron chi connectivity index (χ4n) is 2.96. The maximum absolute atomic E-state index is 13.0. The third kappa shape index (κ3) is 3.26. The SMILES string of the molecule is COc1ccc([C@@H]2OCCC[C@H]2S(=O)(=O)c2ccccc2)cc1. The van der Waals surface area contributed by atoms with Gasteiger partial charge in [0.1, 0.15) is 5.75 Å². The summed E-state index contributed by atoms with van der Waals surface area (Å²) >= 11 is 0. The Bertz CT molecular complexity index is 738. The standard InChI is InChI=1S/C18H20O4S/c1-21-15-11-9-14(10-12-15)18-17(8-5-13-22-18)23(19,20)16-6-3-2-4-7-16/h2-4,6-7,9-12,17-18H,5,8,13H2,1H3/t17-,18+/m1/s1. The molecule has 2 aromatic rings. The van der Waals surface area contributed by atoms with Crippen LogP contribution in [-0.4, -0.2) is 27.4 Å². The summed E-state index contributed by atoms with van der Waals surface area (Å²) < 4.78 is 37.0. The van der Waals surface area contributed by atoms with Crippen LogP contribution >= 0.6 is 0 Å². The third-order valence-electron chi connectivity index (χ3n) is 4.18. The lowest BCUT2D eigenvalue weighted by Crippen LogP contribution is -2.34. The van der Waals surface area contributed by atoms with E-state index in [4.69, 9.17) is 9.47 Å². The lowest BCUT2D eigenvalue weighted by molar-refractivity contribution is 0.0179. The quantitative estimate of drug-likeness (QED) is 0.861. The maximum atomic E-state index is 13.0. The van der Waals surface area contributed by atoms with Crippen molar-refractivity contribution < 1.29 is 17.9 Å². The summed E-state index contributed by atoms with van der Waals surface area (Å²) in [6, 6.07) is 16.0. The third-order valence-corrected chi connectivity index (χ3v) is 6.39. The second-order valence-corrected chi connectivity index (χ2v) is 7.77. The largest absolute Gasteiger partial charge is 0.497 e. The van der Waals surface area contributed by atoms with Crippen LogP contribution in [0.3, 0.4) is 0 Å². The summed E-state index contributed by atoms with van der Waals surface area (Å²) in [6.45, 7) is 0.581. The van der Waals surface area contributed by atoms with E-state index in [2.05, 4.69) is 0 Å². The van der Waals surface area contributed by atoms with Crippen molar-refractivity contribution in [1.29, 1.82) is 0 Å². The molecule has 0 unspecified atom stereocenters. The molecule has 1 aliphatic heterocycles. The molecular formula is C18H20O4S. The van der Waals surface area contributed by atoms with Crippen LogP contribution in [0.1, 0.15) is 24.5 Å². The van der Waals surface area contributed by atoms with Gasteiger partial charge in [-0.1, -0.05) is 30.3 Å². The number of methoxy groups -OCH3 is 1. The van der Waals surface area contributed by atoms with Crippen molar-refractivity contribution in [2.75, 3.05) is 13.7 Å². The van der Waals surface area contributed by atoms with E-state index < -0.39 is 21.2 Å². The van der Waals surface area contributed by atoms with E-state index in [0.717, 1.165) is 17.7 Å². The Hall–Kier alpha value is -1.85. The van der Waals surface area contributed by atoms with Crippen molar-refractivity contribution in [3.8, 4) is 5.75 Å². The normalized spacial score (nSPS) is 21.8. The predicted octanol–water partition coefficient (Wildman–Crippen LogP) is 3.39. The summed E-state index contributed by atoms with van der Waals surface area (Å²) in [5, 5.41) is -0.563. The number of sulfone groups is 1. The summed E-state index contributed by atoms with van der Waals surface area (Å²) in [5.74, 6) is 0.743. The van der Waals surface area contributed by atoms with Gasteiger partial charge in [-0.3, -0.25) is 0 Å². The Morgan fingerprint density at radius 3 is 2.39 bits per heavy atom. The molecule has 1 heterocycles. The summed E-state index contributed by atoms with van der Waals surface area (Å²) in [7, 11) is -1.83. The van der Waals surface area contributed by atoms with Crippen molar-refractivity contribution in [3.63, 3.8) is 0 Å². The van der Waals surface area contributed by atoms with Gasteiger partial charge in [0.2, 0.25) is 0 Å². The van der Waals surface area contributed by atoms with Crippen LogP contribution < -0.4 is 4.74 Å². The molecule has 4 nitrogen and oxygen atoms in total. The van der Waals surface area contributed by atoms with Crippen molar-refractivity contribution in [2.24, 2.45) is 0 Å². The van der Waals surface area contributed by atoms with Crippen molar-refractivity contribution >= 4 is 9.84 Å². The van der Waals surface area contributed by atoms with Crippen molar-refractivity contribution in [1.82, 2.24) is 0 Å². The van der Waals surface area contributed by atoms with Gasteiger partial charge in [0.15, 0.2) is 9.84 Å². The molecule has 1 aliphatic rings. The molecule has 0 radical (unpaired) electrons. The number of rotatable bonds is 4. The minimum absolute atomic E-state index is 0.356. The Morgan fingerprint density at radius 2 is 1.74 bits per heavy atom. The van der Waals surface area contributed by atoms with Gasteiger partial charge >= 0.3 is 0 Å². The van der Waals surface area contributed by atoms with Crippen LogP contribution in [0, 0.1) is 0 Å². The average Bonchev–Trinajstić information content (AvgIpc) is 2.62. The van der Waals surface area contributed by atoms with Gasteiger partial charge in [-0.05, 0) is 42.7 Å². The maximum Gasteiger partial charge on any atom is 0.184 e. The minimum atomic E-state index is -3.43. The van der Waals surface area contributed by atoms with Crippen LogP contribution in [0.25, 0.3) is 0 Å². The van der Waals surface area contributed by atoms with E-state index in [1.54, 1.807) is 31.4 Å². The van der Waals surface area contributed by atoms with Gasteiger partial charge in [-0.25, -0.2) is 8.42 Å².